The van der Waals surface area contributed by atoms with E-state index in [4.69, 9.17) is 0 Å². The van der Waals surface area contributed by atoms with E-state index in [1.807, 2.05) is 0 Å². The molecular weight excluding hydrogens is 451 g/mol. The molecule has 0 spiro atoms. The van der Waals surface area contributed by atoms with Gasteiger partial charge in [0.1, 0.15) is 23.2 Å². The number of rotatable bonds is 11. The Kier molecular flexibility index (Phi) is 10.4. The van der Waals surface area contributed by atoms with Crippen LogP contribution in [-0.4, -0.2) is 0 Å². The molecule has 0 fully saturated rings. The molecule has 0 radical (unpaired) electrons. The maximum atomic E-state index is 2.38. The van der Waals surface area contributed by atoms with E-state index in [2.05, 4.69) is 122 Å². The Morgan fingerprint density at radius 3 is 1.32 bits per heavy atom. The smallest absolute Gasteiger partial charge is 0.116 e. The summed E-state index contributed by atoms with van der Waals surface area (Å²) in [7, 11) is -1.82. The van der Waals surface area contributed by atoms with Crippen LogP contribution in [-0.2, 0) is 12.6 Å². The van der Waals surface area contributed by atoms with Crippen molar-refractivity contribution >= 4 is 23.2 Å². The lowest BCUT2D eigenvalue weighted by molar-refractivity contribution is -0.00000662. The van der Waals surface area contributed by atoms with Crippen LogP contribution in [0, 0.1) is 0 Å². The minimum Gasteiger partial charge on any atom is -1.00 e. The summed E-state index contributed by atoms with van der Waals surface area (Å²) in [6.07, 6.45) is 8.93. The van der Waals surface area contributed by atoms with E-state index < -0.39 is 7.26 Å². The molecule has 2 heteroatoms. The Labute approximate surface area is 213 Å². The zero-order chi connectivity index (χ0) is 22.8. The molecule has 4 aromatic carbocycles. The first-order valence-corrected chi connectivity index (χ1v) is 14.4. The monoisotopic (exact) mass is 486 g/mol. The van der Waals surface area contributed by atoms with E-state index in [0.29, 0.717) is 0 Å². The predicted octanol–water partition coefficient (Wildman–Crippen LogP) is 4.70. The van der Waals surface area contributed by atoms with Crippen molar-refractivity contribution < 1.29 is 12.4 Å². The number of halogens is 1. The van der Waals surface area contributed by atoms with E-state index in [1.54, 1.807) is 0 Å². The lowest BCUT2D eigenvalue weighted by Gasteiger charge is -2.28. The van der Waals surface area contributed by atoms with Crippen LogP contribution in [0.25, 0.3) is 0 Å². The molecule has 0 aromatic heterocycles. The summed E-state index contributed by atoms with van der Waals surface area (Å²) in [5, 5.41) is 4.34. The van der Waals surface area contributed by atoms with Gasteiger partial charge in [0.15, 0.2) is 0 Å². The SMILES string of the molecule is CCCCCCCc1ccc(C[P+](c2ccccc2)(c2ccccc2)c2ccccc2)cc1.[Cl-]. The number of hydrogen-bond donors (Lipinski definition) is 0. The second-order valence-corrected chi connectivity index (χ2v) is 12.4. The molecule has 0 saturated heterocycles. The third kappa shape index (κ3) is 6.38. The highest BCUT2D eigenvalue weighted by molar-refractivity contribution is 7.95. The zero-order valence-corrected chi connectivity index (χ0v) is 21.9. The molecule has 4 aromatic rings. The number of hydrogen-bond acceptors (Lipinski definition) is 0. The van der Waals surface area contributed by atoms with Gasteiger partial charge in [-0.1, -0.05) is 111 Å². The van der Waals surface area contributed by atoms with Gasteiger partial charge in [-0.25, -0.2) is 0 Å². The molecule has 0 bridgehead atoms. The standard InChI is InChI=1S/C32H36P.ClH/c1-2-3-4-5-9-16-28-23-25-29(26-24-28)27-33(30-17-10-6-11-18-30,31-19-12-7-13-20-31)32-21-14-8-15-22-32;/h6-8,10-15,17-26H,2-5,9,16,27H2,1H3;1H/q+1;/p-1. The summed E-state index contributed by atoms with van der Waals surface area (Å²) < 4.78 is 0. The quantitative estimate of drug-likeness (QED) is 0.213. The van der Waals surface area contributed by atoms with Gasteiger partial charge in [-0.15, -0.1) is 0 Å². The summed E-state index contributed by atoms with van der Waals surface area (Å²) in [5.74, 6) is 0. The molecule has 0 N–H and O–H groups in total. The van der Waals surface area contributed by atoms with Crippen LogP contribution < -0.4 is 28.3 Å². The summed E-state index contributed by atoms with van der Waals surface area (Å²) in [5.41, 5.74) is 2.90. The molecular formula is C32H36ClP. The Morgan fingerprint density at radius 1 is 0.471 bits per heavy atom. The molecule has 0 saturated carbocycles. The van der Waals surface area contributed by atoms with Gasteiger partial charge >= 0.3 is 0 Å². The highest BCUT2D eigenvalue weighted by atomic mass is 35.5. The fourth-order valence-electron chi connectivity index (χ4n) is 4.79. The van der Waals surface area contributed by atoms with E-state index in [0.717, 1.165) is 6.16 Å². The van der Waals surface area contributed by atoms with Crippen LogP contribution in [0.5, 0.6) is 0 Å². The summed E-state index contributed by atoms with van der Waals surface area (Å²) in [4.78, 5) is 0. The third-order valence-corrected chi connectivity index (χ3v) is 11.0. The third-order valence-electron chi connectivity index (χ3n) is 6.60. The van der Waals surface area contributed by atoms with E-state index in [9.17, 15) is 0 Å². The minimum atomic E-state index is -1.82. The fraction of sp³-hybridized carbons (Fsp3) is 0.250. The molecule has 34 heavy (non-hydrogen) atoms. The van der Waals surface area contributed by atoms with Crippen LogP contribution in [0.3, 0.4) is 0 Å². The van der Waals surface area contributed by atoms with Gasteiger partial charge < -0.3 is 12.4 Å². The van der Waals surface area contributed by atoms with Crippen molar-refractivity contribution in [3.8, 4) is 0 Å². The highest BCUT2D eigenvalue weighted by Crippen LogP contribution is 2.58. The lowest BCUT2D eigenvalue weighted by atomic mass is 10.0. The number of benzene rings is 4. The molecule has 0 unspecified atom stereocenters. The Balaban J connectivity index is 0.00000324. The van der Waals surface area contributed by atoms with Gasteiger partial charge in [-0.3, -0.25) is 0 Å². The van der Waals surface area contributed by atoms with E-state index >= 15 is 0 Å². The van der Waals surface area contributed by atoms with Crippen LogP contribution in [0.15, 0.2) is 115 Å². The van der Waals surface area contributed by atoms with Crippen molar-refractivity contribution in [1.29, 1.82) is 0 Å². The first kappa shape index (κ1) is 26.2. The predicted molar refractivity (Wildman–Crippen MR) is 148 cm³/mol. The first-order chi connectivity index (χ1) is 16.3. The fourth-order valence-corrected chi connectivity index (χ4v) is 9.03. The van der Waals surface area contributed by atoms with Gasteiger partial charge in [-0.05, 0) is 60.4 Å². The van der Waals surface area contributed by atoms with Crippen LogP contribution in [0.2, 0.25) is 0 Å². The van der Waals surface area contributed by atoms with Gasteiger partial charge in [0.25, 0.3) is 0 Å². The average molecular weight is 487 g/mol. The molecule has 4 rings (SSSR count). The molecule has 0 aliphatic heterocycles. The van der Waals surface area contributed by atoms with Gasteiger partial charge in [0, 0.05) is 0 Å². The summed E-state index contributed by atoms with van der Waals surface area (Å²) in [6.45, 7) is 2.28. The second-order valence-electron chi connectivity index (χ2n) is 8.96. The number of aryl methyl sites for hydroxylation is 1. The maximum Gasteiger partial charge on any atom is 0.116 e. The Hall–Kier alpha value is -2.40. The van der Waals surface area contributed by atoms with E-state index in [1.165, 1.54) is 65.6 Å². The Bertz CT molecular complexity index is 980. The van der Waals surface area contributed by atoms with Crippen molar-refractivity contribution in [3.05, 3.63) is 126 Å². The van der Waals surface area contributed by atoms with Gasteiger partial charge in [0.05, 0.1) is 6.16 Å². The van der Waals surface area contributed by atoms with Crippen molar-refractivity contribution in [2.75, 3.05) is 0 Å². The van der Waals surface area contributed by atoms with Gasteiger partial charge in [0.2, 0.25) is 0 Å². The Morgan fingerprint density at radius 2 is 0.882 bits per heavy atom. The van der Waals surface area contributed by atoms with Crippen molar-refractivity contribution in [1.82, 2.24) is 0 Å². The summed E-state index contributed by atoms with van der Waals surface area (Å²) >= 11 is 0. The second kappa shape index (κ2) is 13.5. The average Bonchev–Trinajstić information content (AvgIpc) is 2.89. The molecule has 0 aliphatic carbocycles. The minimum absolute atomic E-state index is 0. The molecule has 0 amide bonds. The first-order valence-electron chi connectivity index (χ1n) is 12.5. The molecule has 0 aliphatic rings. The molecule has 0 nitrogen and oxygen atoms in total. The van der Waals surface area contributed by atoms with Crippen molar-refractivity contribution in [2.24, 2.45) is 0 Å². The van der Waals surface area contributed by atoms with Crippen molar-refractivity contribution in [3.63, 3.8) is 0 Å². The zero-order valence-electron chi connectivity index (χ0n) is 20.2. The lowest BCUT2D eigenvalue weighted by Crippen LogP contribution is -3.00. The normalized spacial score (nSPS) is 11.1. The largest absolute Gasteiger partial charge is 1.00 e. The molecule has 0 atom stereocenters. The van der Waals surface area contributed by atoms with E-state index in [-0.39, 0.29) is 12.4 Å². The number of unbranched alkanes of at least 4 members (excludes halogenated alkanes) is 4. The van der Waals surface area contributed by atoms with Crippen LogP contribution in [0.1, 0.15) is 50.2 Å². The van der Waals surface area contributed by atoms with Crippen LogP contribution >= 0.6 is 7.26 Å². The van der Waals surface area contributed by atoms with Crippen LogP contribution in [0.4, 0.5) is 0 Å². The highest BCUT2D eigenvalue weighted by Gasteiger charge is 2.45. The van der Waals surface area contributed by atoms with Crippen molar-refractivity contribution in [2.45, 2.75) is 51.6 Å². The topological polar surface area (TPSA) is 0 Å². The molecule has 176 valence electrons. The molecule has 0 heterocycles. The maximum absolute atomic E-state index is 2.38. The van der Waals surface area contributed by atoms with Gasteiger partial charge in [-0.2, -0.15) is 0 Å². The summed E-state index contributed by atoms with van der Waals surface area (Å²) in [6, 6.07) is 43.0.